The molecule has 0 aliphatic heterocycles. The number of esters is 1. The first kappa shape index (κ1) is 16.1. The Balaban J connectivity index is 1.49. The molecule has 0 aromatic rings. The Bertz CT molecular complexity index is 437. The van der Waals surface area contributed by atoms with Crippen molar-refractivity contribution in [3.8, 4) is 0 Å². The smallest absolute Gasteiger partial charge is 0.316 e. The van der Waals surface area contributed by atoms with Gasteiger partial charge in [0.2, 0.25) is 0 Å². The fourth-order valence-electron chi connectivity index (χ4n) is 5.07. The first-order valence-corrected chi connectivity index (χ1v) is 9.65. The maximum atomic E-state index is 12.8. The lowest BCUT2D eigenvalue weighted by molar-refractivity contribution is -0.157. The molecule has 0 radical (unpaired) electrons. The Kier molecular flexibility index (Phi) is 5.25. The summed E-state index contributed by atoms with van der Waals surface area (Å²) in [5, 5.41) is 0. The molecular weight excluding hydrogens is 272 g/mol. The van der Waals surface area contributed by atoms with Crippen molar-refractivity contribution in [3.63, 3.8) is 0 Å². The van der Waals surface area contributed by atoms with Gasteiger partial charge in [0.05, 0.1) is 12.0 Å². The van der Waals surface area contributed by atoms with Crippen molar-refractivity contribution in [2.45, 2.75) is 90.4 Å². The van der Waals surface area contributed by atoms with E-state index in [0.717, 1.165) is 25.2 Å². The molecule has 2 atom stereocenters. The Labute approximate surface area is 135 Å². The van der Waals surface area contributed by atoms with Gasteiger partial charge in [-0.05, 0) is 57.3 Å². The minimum absolute atomic E-state index is 0.123. The van der Waals surface area contributed by atoms with Gasteiger partial charge in [0.25, 0.3) is 0 Å². The van der Waals surface area contributed by atoms with Crippen LogP contribution in [0.5, 0.6) is 0 Å². The largest absolute Gasteiger partial charge is 0.465 e. The average molecular weight is 304 g/mol. The summed E-state index contributed by atoms with van der Waals surface area (Å²) in [6, 6.07) is 0. The number of carbonyl (C=O) groups is 1. The van der Waals surface area contributed by atoms with Crippen molar-refractivity contribution in [1.82, 2.24) is 0 Å². The van der Waals surface area contributed by atoms with E-state index in [4.69, 9.17) is 4.74 Å². The van der Waals surface area contributed by atoms with E-state index in [1.165, 1.54) is 69.8 Å². The predicted molar refractivity (Wildman–Crippen MR) is 89.6 cm³/mol. The molecule has 2 unspecified atom stereocenters. The maximum Gasteiger partial charge on any atom is 0.316 e. The van der Waals surface area contributed by atoms with Gasteiger partial charge in [-0.3, -0.25) is 4.79 Å². The van der Waals surface area contributed by atoms with Gasteiger partial charge in [-0.1, -0.05) is 50.2 Å². The molecule has 2 nitrogen and oxygen atoms in total. The highest BCUT2D eigenvalue weighted by Crippen LogP contribution is 2.58. The molecule has 0 spiro atoms. The maximum absolute atomic E-state index is 12.8. The molecule has 1 saturated carbocycles. The van der Waals surface area contributed by atoms with Gasteiger partial charge in [0.1, 0.15) is 0 Å². The molecule has 4 aliphatic rings. The summed E-state index contributed by atoms with van der Waals surface area (Å²) in [6.45, 7) is 2.88. The number of fused-ring (bicyclic) bond motifs is 1. The molecule has 4 rings (SSSR count). The van der Waals surface area contributed by atoms with Crippen LogP contribution in [0.25, 0.3) is 0 Å². The van der Waals surface area contributed by atoms with E-state index in [2.05, 4.69) is 6.92 Å². The molecule has 0 amide bonds. The van der Waals surface area contributed by atoms with Crippen LogP contribution in [-0.4, -0.2) is 12.6 Å². The van der Waals surface area contributed by atoms with Crippen molar-refractivity contribution in [2.75, 3.05) is 6.61 Å². The molecule has 4 aliphatic carbocycles. The highest BCUT2D eigenvalue weighted by molar-refractivity contribution is 5.82. The number of hydrogen-bond donors (Lipinski definition) is 0. The van der Waals surface area contributed by atoms with Gasteiger partial charge in [0.15, 0.2) is 0 Å². The van der Waals surface area contributed by atoms with E-state index < -0.39 is 0 Å². The van der Waals surface area contributed by atoms with E-state index in [0.29, 0.717) is 6.61 Å². The van der Waals surface area contributed by atoms with Crippen LogP contribution in [0.3, 0.4) is 0 Å². The molecule has 0 aromatic carbocycles. The Morgan fingerprint density at radius 1 is 1.18 bits per heavy atom. The summed E-state index contributed by atoms with van der Waals surface area (Å²) >= 11 is 0. The summed E-state index contributed by atoms with van der Waals surface area (Å²) in [5.41, 5.74) is 2.95. The summed E-state index contributed by atoms with van der Waals surface area (Å²) < 4.78 is 5.74. The number of carbonyl (C=O) groups excluding carboxylic acids is 1. The zero-order valence-electron chi connectivity index (χ0n) is 14.3. The van der Waals surface area contributed by atoms with E-state index in [1.807, 2.05) is 0 Å². The lowest BCUT2D eigenvalue weighted by Crippen LogP contribution is -2.45. The van der Waals surface area contributed by atoms with Gasteiger partial charge >= 0.3 is 5.97 Å². The SMILES string of the molecule is CCCCCCCCOC(=O)C12CCCC3=C1CCC(C3)C2. The first-order chi connectivity index (χ1) is 10.8. The van der Waals surface area contributed by atoms with Crippen molar-refractivity contribution in [2.24, 2.45) is 11.3 Å². The quantitative estimate of drug-likeness (QED) is 0.333. The molecule has 0 saturated heterocycles. The van der Waals surface area contributed by atoms with Crippen LogP contribution in [0.2, 0.25) is 0 Å². The number of allylic oxidation sites excluding steroid dienone is 1. The van der Waals surface area contributed by atoms with Crippen LogP contribution < -0.4 is 0 Å². The third-order valence-electron chi connectivity index (χ3n) is 6.18. The van der Waals surface area contributed by atoms with E-state index in [1.54, 1.807) is 5.57 Å². The number of ether oxygens (including phenoxy) is 1. The van der Waals surface area contributed by atoms with Gasteiger partial charge in [-0.15, -0.1) is 0 Å². The molecule has 1 fully saturated rings. The van der Waals surface area contributed by atoms with Crippen LogP contribution >= 0.6 is 0 Å². The Morgan fingerprint density at radius 3 is 2.82 bits per heavy atom. The summed E-state index contributed by atoms with van der Waals surface area (Å²) in [7, 11) is 0. The summed E-state index contributed by atoms with van der Waals surface area (Å²) in [4.78, 5) is 12.8. The fourth-order valence-corrected chi connectivity index (χ4v) is 5.07. The topological polar surface area (TPSA) is 26.3 Å². The lowest BCUT2D eigenvalue weighted by atomic mass is 9.54. The van der Waals surface area contributed by atoms with Crippen LogP contribution in [0, 0.1) is 11.3 Å². The minimum Gasteiger partial charge on any atom is -0.465 e. The van der Waals surface area contributed by atoms with Gasteiger partial charge in [-0.2, -0.15) is 0 Å². The molecule has 0 aromatic heterocycles. The number of hydrogen-bond acceptors (Lipinski definition) is 2. The minimum atomic E-state index is -0.184. The number of unbranched alkanes of at least 4 members (excludes halogenated alkanes) is 5. The van der Waals surface area contributed by atoms with Gasteiger partial charge in [0, 0.05) is 0 Å². The van der Waals surface area contributed by atoms with Crippen LogP contribution in [0.15, 0.2) is 11.1 Å². The molecular formula is C20H32O2. The Hall–Kier alpha value is -0.790. The highest BCUT2D eigenvalue weighted by atomic mass is 16.5. The zero-order chi connectivity index (χ0) is 15.4. The first-order valence-electron chi connectivity index (χ1n) is 9.65. The standard InChI is InChI=1S/C20H32O2/c1-2-3-4-5-6-7-13-22-19(21)20-12-8-9-17-14-16(15-20)10-11-18(17)20/h16H,2-15H2,1H3. The summed E-state index contributed by atoms with van der Waals surface area (Å²) in [5.74, 6) is 0.882. The van der Waals surface area contributed by atoms with Gasteiger partial charge < -0.3 is 4.74 Å². The molecule has 0 heterocycles. The molecule has 2 heteroatoms. The molecule has 0 N–H and O–H groups in total. The van der Waals surface area contributed by atoms with E-state index in [-0.39, 0.29) is 11.4 Å². The van der Waals surface area contributed by atoms with E-state index >= 15 is 0 Å². The third kappa shape index (κ3) is 3.12. The van der Waals surface area contributed by atoms with Crippen LogP contribution in [-0.2, 0) is 9.53 Å². The Morgan fingerprint density at radius 2 is 2.00 bits per heavy atom. The fraction of sp³-hybridized carbons (Fsp3) is 0.850. The third-order valence-corrected chi connectivity index (χ3v) is 6.18. The number of rotatable bonds is 8. The predicted octanol–water partition coefficient (Wildman–Crippen LogP) is 5.56. The second-order valence-electron chi connectivity index (χ2n) is 7.73. The zero-order valence-corrected chi connectivity index (χ0v) is 14.3. The second-order valence-corrected chi connectivity index (χ2v) is 7.73. The normalized spacial score (nSPS) is 29.8. The molecule has 22 heavy (non-hydrogen) atoms. The molecule has 4 bridgehead atoms. The van der Waals surface area contributed by atoms with Crippen molar-refractivity contribution in [3.05, 3.63) is 11.1 Å². The monoisotopic (exact) mass is 304 g/mol. The second kappa shape index (κ2) is 7.19. The summed E-state index contributed by atoms with van der Waals surface area (Å²) in [6.07, 6.45) is 15.8. The lowest BCUT2D eigenvalue weighted by Gasteiger charge is -2.50. The molecule has 124 valence electrons. The van der Waals surface area contributed by atoms with Crippen molar-refractivity contribution >= 4 is 5.97 Å². The van der Waals surface area contributed by atoms with Crippen molar-refractivity contribution < 1.29 is 9.53 Å². The van der Waals surface area contributed by atoms with E-state index in [9.17, 15) is 4.79 Å². The van der Waals surface area contributed by atoms with Crippen LogP contribution in [0.1, 0.15) is 90.4 Å². The highest BCUT2D eigenvalue weighted by Gasteiger charge is 2.52. The van der Waals surface area contributed by atoms with Crippen LogP contribution in [0.4, 0.5) is 0 Å². The average Bonchev–Trinajstić information content (AvgIpc) is 2.54. The van der Waals surface area contributed by atoms with Gasteiger partial charge in [-0.25, -0.2) is 0 Å². The van der Waals surface area contributed by atoms with Crippen molar-refractivity contribution in [1.29, 1.82) is 0 Å².